The van der Waals surface area contributed by atoms with Crippen LogP contribution in [0, 0.1) is 0 Å². The van der Waals surface area contributed by atoms with Gasteiger partial charge in [0.25, 0.3) is 0 Å². The van der Waals surface area contributed by atoms with E-state index in [4.69, 9.17) is 0 Å². The molecule has 3 aromatic rings. The number of aromatic nitrogens is 2. The Morgan fingerprint density at radius 2 is 1.71 bits per heavy atom. The Kier molecular flexibility index (Phi) is 4.43. The molecule has 24 heavy (non-hydrogen) atoms. The minimum atomic E-state index is -1.01. The number of rotatable bonds is 5. The number of carboxylic acids is 1. The normalized spacial score (nSPS) is 10.9. The van der Waals surface area contributed by atoms with E-state index in [0.29, 0.717) is 5.82 Å². The molecular formula is C19H17N3O2. The first-order chi connectivity index (χ1) is 11.7. The van der Waals surface area contributed by atoms with Crippen molar-refractivity contribution in [2.45, 2.75) is 0 Å². The average Bonchev–Trinajstić information content (AvgIpc) is 3.07. The number of aromatic carboxylic acids is 1. The van der Waals surface area contributed by atoms with Crippen molar-refractivity contribution in [3.63, 3.8) is 0 Å². The highest BCUT2D eigenvalue weighted by Gasteiger charge is 2.20. The van der Waals surface area contributed by atoms with E-state index in [9.17, 15) is 9.90 Å². The van der Waals surface area contributed by atoms with E-state index in [1.54, 1.807) is 9.58 Å². The molecule has 0 aliphatic carbocycles. The summed E-state index contributed by atoms with van der Waals surface area (Å²) in [6, 6.07) is 19.3. The second kappa shape index (κ2) is 6.83. The van der Waals surface area contributed by atoms with Crippen LogP contribution in [0.4, 0.5) is 5.82 Å². The number of benzene rings is 2. The molecule has 1 heterocycles. The molecule has 0 radical (unpaired) electrons. The lowest BCUT2D eigenvalue weighted by molar-refractivity contribution is 0.0697. The fourth-order valence-corrected chi connectivity index (χ4v) is 2.42. The zero-order valence-electron chi connectivity index (χ0n) is 13.2. The van der Waals surface area contributed by atoms with Gasteiger partial charge >= 0.3 is 5.97 Å². The molecule has 1 N–H and O–H groups in total. The van der Waals surface area contributed by atoms with E-state index in [0.717, 1.165) is 11.3 Å². The van der Waals surface area contributed by atoms with Gasteiger partial charge in [-0.2, -0.15) is 5.10 Å². The summed E-state index contributed by atoms with van der Waals surface area (Å²) < 4.78 is 1.62. The monoisotopic (exact) mass is 319 g/mol. The summed E-state index contributed by atoms with van der Waals surface area (Å²) in [6.45, 7) is 0. The van der Waals surface area contributed by atoms with Crippen molar-refractivity contribution in [1.82, 2.24) is 9.78 Å². The number of nitrogens with zero attached hydrogens (tertiary/aromatic N) is 3. The lowest BCUT2D eigenvalue weighted by atomic mass is 10.2. The summed E-state index contributed by atoms with van der Waals surface area (Å²) in [5.74, 6) is -0.506. The fraction of sp³-hybridized carbons (Fsp3) is 0.0526. The Balaban J connectivity index is 2.00. The predicted molar refractivity (Wildman–Crippen MR) is 94.4 cm³/mol. The first kappa shape index (κ1) is 15.6. The third-order valence-electron chi connectivity index (χ3n) is 3.60. The summed E-state index contributed by atoms with van der Waals surface area (Å²) in [5, 5.41) is 13.7. The van der Waals surface area contributed by atoms with Gasteiger partial charge in [0.05, 0.1) is 11.9 Å². The highest BCUT2D eigenvalue weighted by atomic mass is 16.4. The van der Waals surface area contributed by atoms with Crippen molar-refractivity contribution < 1.29 is 9.90 Å². The maximum atomic E-state index is 11.5. The molecular weight excluding hydrogens is 302 g/mol. The van der Waals surface area contributed by atoms with Crippen LogP contribution in [0.1, 0.15) is 15.9 Å². The molecule has 0 saturated heterocycles. The van der Waals surface area contributed by atoms with Gasteiger partial charge in [-0.05, 0) is 23.8 Å². The van der Waals surface area contributed by atoms with E-state index < -0.39 is 5.97 Å². The molecule has 5 heteroatoms. The molecule has 0 aliphatic heterocycles. The van der Waals surface area contributed by atoms with Crippen molar-refractivity contribution in [1.29, 1.82) is 0 Å². The molecule has 0 atom stereocenters. The van der Waals surface area contributed by atoms with Gasteiger partial charge in [-0.15, -0.1) is 0 Å². The fourth-order valence-electron chi connectivity index (χ4n) is 2.42. The van der Waals surface area contributed by atoms with Crippen LogP contribution in [-0.4, -0.2) is 27.9 Å². The molecule has 2 aromatic carbocycles. The molecule has 120 valence electrons. The third-order valence-corrected chi connectivity index (χ3v) is 3.60. The average molecular weight is 319 g/mol. The number of anilines is 1. The Labute approximate surface area is 140 Å². The first-order valence-corrected chi connectivity index (χ1v) is 7.49. The molecule has 0 amide bonds. The number of hydrogen-bond acceptors (Lipinski definition) is 3. The lowest BCUT2D eigenvalue weighted by Crippen LogP contribution is -2.16. The Morgan fingerprint density at radius 1 is 1.08 bits per heavy atom. The van der Waals surface area contributed by atoms with Gasteiger partial charge < -0.3 is 10.0 Å². The van der Waals surface area contributed by atoms with Gasteiger partial charge in [-0.25, -0.2) is 9.48 Å². The maximum Gasteiger partial charge on any atom is 0.341 e. The summed E-state index contributed by atoms with van der Waals surface area (Å²) in [7, 11) is 1.81. The SMILES string of the molecule is CN(C=Cc1ccccc1)c1c(C(=O)O)cnn1-c1ccccc1. The van der Waals surface area contributed by atoms with Crippen LogP contribution in [0.25, 0.3) is 11.8 Å². The molecule has 3 rings (SSSR count). The molecule has 0 fully saturated rings. The van der Waals surface area contributed by atoms with Crippen LogP contribution in [0.2, 0.25) is 0 Å². The van der Waals surface area contributed by atoms with E-state index in [2.05, 4.69) is 5.10 Å². The number of para-hydroxylation sites is 1. The van der Waals surface area contributed by atoms with Gasteiger partial charge in [0.1, 0.15) is 5.56 Å². The largest absolute Gasteiger partial charge is 0.477 e. The molecule has 0 bridgehead atoms. The third kappa shape index (κ3) is 3.20. The highest BCUT2D eigenvalue weighted by molar-refractivity contribution is 5.94. The topological polar surface area (TPSA) is 58.4 Å². The summed E-state index contributed by atoms with van der Waals surface area (Å²) in [6.07, 6.45) is 5.13. The minimum Gasteiger partial charge on any atom is -0.477 e. The first-order valence-electron chi connectivity index (χ1n) is 7.49. The molecule has 0 aliphatic rings. The Hall–Kier alpha value is -3.34. The second-order valence-corrected chi connectivity index (χ2v) is 5.27. The van der Waals surface area contributed by atoms with E-state index in [1.807, 2.05) is 80.0 Å². The van der Waals surface area contributed by atoms with Gasteiger partial charge in [0.2, 0.25) is 0 Å². The van der Waals surface area contributed by atoms with Gasteiger partial charge in [-0.1, -0.05) is 48.5 Å². The van der Waals surface area contributed by atoms with Crippen LogP contribution < -0.4 is 4.90 Å². The van der Waals surface area contributed by atoms with Crippen LogP contribution in [-0.2, 0) is 0 Å². The maximum absolute atomic E-state index is 11.5. The van der Waals surface area contributed by atoms with Gasteiger partial charge in [0.15, 0.2) is 5.82 Å². The van der Waals surface area contributed by atoms with Crippen LogP contribution in [0.5, 0.6) is 0 Å². The van der Waals surface area contributed by atoms with Crippen molar-refractivity contribution in [2.24, 2.45) is 0 Å². The van der Waals surface area contributed by atoms with Gasteiger partial charge in [0, 0.05) is 13.2 Å². The smallest absolute Gasteiger partial charge is 0.341 e. The second-order valence-electron chi connectivity index (χ2n) is 5.27. The summed E-state index contributed by atoms with van der Waals surface area (Å²) in [5.41, 5.74) is 1.99. The zero-order valence-corrected chi connectivity index (χ0v) is 13.2. The van der Waals surface area contributed by atoms with Crippen LogP contribution >= 0.6 is 0 Å². The van der Waals surface area contributed by atoms with Crippen molar-refractivity contribution >= 4 is 17.9 Å². The standard InChI is InChI=1S/C19H17N3O2/c1-21(13-12-15-8-4-2-5-9-15)18-17(19(23)24)14-20-22(18)16-10-6-3-7-11-16/h2-14H,1H3,(H,23,24). The van der Waals surface area contributed by atoms with E-state index in [-0.39, 0.29) is 5.56 Å². The van der Waals surface area contributed by atoms with E-state index in [1.165, 1.54) is 6.20 Å². The summed E-state index contributed by atoms with van der Waals surface area (Å²) in [4.78, 5) is 13.3. The Morgan fingerprint density at radius 3 is 2.33 bits per heavy atom. The van der Waals surface area contributed by atoms with Crippen molar-refractivity contribution in [3.8, 4) is 5.69 Å². The molecule has 0 saturated carbocycles. The van der Waals surface area contributed by atoms with Crippen LogP contribution in [0.3, 0.4) is 0 Å². The number of carboxylic acid groups (broad SMARTS) is 1. The van der Waals surface area contributed by atoms with Crippen molar-refractivity contribution in [3.05, 3.63) is 84.2 Å². The van der Waals surface area contributed by atoms with Crippen LogP contribution in [0.15, 0.2) is 73.1 Å². The molecule has 0 spiro atoms. The molecule has 0 unspecified atom stereocenters. The quantitative estimate of drug-likeness (QED) is 0.779. The lowest BCUT2D eigenvalue weighted by Gasteiger charge is -2.17. The minimum absolute atomic E-state index is 0.152. The summed E-state index contributed by atoms with van der Waals surface area (Å²) >= 11 is 0. The van der Waals surface area contributed by atoms with E-state index >= 15 is 0 Å². The molecule has 5 nitrogen and oxygen atoms in total. The number of hydrogen-bond donors (Lipinski definition) is 1. The van der Waals surface area contributed by atoms with Crippen molar-refractivity contribution in [2.75, 3.05) is 11.9 Å². The zero-order chi connectivity index (χ0) is 16.9. The number of carbonyl (C=O) groups is 1. The molecule has 1 aromatic heterocycles. The van der Waals surface area contributed by atoms with Gasteiger partial charge in [-0.3, -0.25) is 0 Å². The Bertz CT molecular complexity index is 855. The predicted octanol–water partition coefficient (Wildman–Crippen LogP) is 3.68. The highest BCUT2D eigenvalue weighted by Crippen LogP contribution is 2.24.